The Bertz CT molecular complexity index is 1110. The molecule has 0 fully saturated rings. The van der Waals surface area contributed by atoms with Gasteiger partial charge in [-0.05, 0) is 23.8 Å². The molecule has 2 aromatic heterocycles. The minimum atomic E-state index is 0.173. The van der Waals surface area contributed by atoms with Gasteiger partial charge in [-0.2, -0.15) is 0 Å². The van der Waals surface area contributed by atoms with Crippen LogP contribution in [0.5, 0.6) is 11.5 Å². The number of nitrogens with one attached hydrogen (secondary N) is 1. The third-order valence-electron chi connectivity index (χ3n) is 4.79. The van der Waals surface area contributed by atoms with Crippen LogP contribution in [0.3, 0.4) is 0 Å². The molecule has 0 aliphatic carbocycles. The van der Waals surface area contributed by atoms with Gasteiger partial charge in [0.15, 0.2) is 0 Å². The number of anilines is 1. The van der Waals surface area contributed by atoms with Gasteiger partial charge < -0.3 is 20.6 Å². The maximum Gasteiger partial charge on any atom is 0.150 e. The van der Waals surface area contributed by atoms with Gasteiger partial charge in [0, 0.05) is 12.5 Å². The van der Waals surface area contributed by atoms with Crippen LogP contribution >= 0.6 is 0 Å². The van der Waals surface area contributed by atoms with Crippen molar-refractivity contribution in [3.63, 3.8) is 0 Å². The average molecular weight is 332 g/mol. The fourth-order valence-corrected chi connectivity index (χ4v) is 3.58. The Balaban J connectivity index is 1.74. The molecule has 25 heavy (non-hydrogen) atoms. The van der Waals surface area contributed by atoms with Crippen LogP contribution in [-0.4, -0.2) is 26.8 Å². The number of nitrogens with zero attached hydrogens (tertiary/aromatic N) is 2. The molecular weight excluding hydrogens is 316 g/mol. The number of hydrogen-bond acceptors (Lipinski definition) is 4. The third-order valence-corrected chi connectivity index (χ3v) is 4.79. The van der Waals surface area contributed by atoms with Crippen LogP contribution in [0.1, 0.15) is 11.3 Å². The van der Waals surface area contributed by atoms with E-state index in [1.54, 1.807) is 7.11 Å². The molecule has 5 rings (SSSR count). The number of hydrogen-bond donors (Lipinski definition) is 3. The summed E-state index contributed by atoms with van der Waals surface area (Å²) in [5.74, 6) is 1.97. The second-order valence-corrected chi connectivity index (χ2v) is 6.16. The Hall–Kier alpha value is -3.41. The molecular formula is C19H16N4O2. The van der Waals surface area contributed by atoms with E-state index in [1.807, 2.05) is 47.0 Å². The van der Waals surface area contributed by atoms with Crippen LogP contribution in [0.2, 0.25) is 0 Å². The molecule has 1 aliphatic rings. The number of methoxy groups -OCH3 is 1. The molecule has 0 spiro atoms. The van der Waals surface area contributed by atoms with Crippen molar-refractivity contribution in [3.05, 3.63) is 53.7 Å². The zero-order valence-electron chi connectivity index (χ0n) is 13.6. The second kappa shape index (κ2) is 4.80. The van der Waals surface area contributed by atoms with Crippen LogP contribution in [0, 0.1) is 0 Å². The topological polar surface area (TPSA) is 89.1 Å². The first-order valence-corrected chi connectivity index (χ1v) is 8.02. The lowest BCUT2D eigenvalue weighted by atomic mass is 10.1. The fourth-order valence-electron chi connectivity index (χ4n) is 3.58. The summed E-state index contributed by atoms with van der Waals surface area (Å²) in [7, 11) is 1.63. The minimum absolute atomic E-state index is 0.173. The maximum absolute atomic E-state index is 10.8. The van der Waals surface area contributed by atoms with Crippen LogP contribution in [0.4, 0.5) is 5.82 Å². The van der Waals surface area contributed by atoms with Crippen molar-refractivity contribution >= 4 is 16.9 Å². The Labute approximate surface area is 143 Å². The number of ether oxygens (including phenoxy) is 1. The summed E-state index contributed by atoms with van der Waals surface area (Å²) >= 11 is 0. The number of aromatic hydroxyl groups is 1. The monoisotopic (exact) mass is 332 g/mol. The minimum Gasteiger partial charge on any atom is -0.505 e. The Morgan fingerprint density at radius 1 is 1.24 bits per heavy atom. The van der Waals surface area contributed by atoms with Crippen molar-refractivity contribution in [1.29, 1.82) is 0 Å². The number of aromatic nitrogens is 3. The van der Waals surface area contributed by atoms with Crippen molar-refractivity contribution in [1.82, 2.24) is 14.5 Å². The first-order valence-electron chi connectivity index (χ1n) is 8.02. The number of benzene rings is 2. The number of nitrogens with two attached hydrogens (primary N) is 1. The molecule has 4 aromatic rings. The largest absolute Gasteiger partial charge is 0.505 e. The number of fused-ring (bicyclic) bond motifs is 4. The van der Waals surface area contributed by atoms with Gasteiger partial charge in [-0.15, -0.1) is 0 Å². The lowest BCUT2D eigenvalue weighted by Crippen LogP contribution is -2.00. The summed E-state index contributed by atoms with van der Waals surface area (Å²) in [6, 6.07) is 13.6. The van der Waals surface area contributed by atoms with Crippen molar-refractivity contribution in [2.24, 2.45) is 0 Å². The average Bonchev–Trinajstić information content (AvgIpc) is 3.27. The van der Waals surface area contributed by atoms with Gasteiger partial charge in [0.25, 0.3) is 0 Å². The molecule has 4 N–H and O–H groups in total. The van der Waals surface area contributed by atoms with E-state index in [1.165, 1.54) is 0 Å². The van der Waals surface area contributed by atoms with Crippen LogP contribution in [-0.2, 0) is 6.42 Å². The zero-order chi connectivity index (χ0) is 17.1. The number of H-pyrrole nitrogens is 1. The van der Waals surface area contributed by atoms with E-state index >= 15 is 0 Å². The van der Waals surface area contributed by atoms with E-state index in [2.05, 4.69) is 9.97 Å². The van der Waals surface area contributed by atoms with Crippen LogP contribution < -0.4 is 10.5 Å². The van der Waals surface area contributed by atoms with E-state index in [4.69, 9.17) is 10.5 Å². The summed E-state index contributed by atoms with van der Waals surface area (Å²) in [6.07, 6.45) is 0.621. The highest BCUT2D eigenvalue weighted by molar-refractivity contribution is 5.87. The standard InChI is InChI=1S/C19H16N4O2/c1-25-11-7-6-10-8-15-17(24)16(18(20)23(15)14(10)9-11)19-21-12-4-2-3-5-13(12)22-19/h2-7,9,24H,8,20H2,1H3,(H,21,22). The second-order valence-electron chi connectivity index (χ2n) is 6.16. The van der Waals surface area contributed by atoms with E-state index in [-0.39, 0.29) is 5.75 Å². The molecule has 0 unspecified atom stereocenters. The molecule has 0 saturated heterocycles. The van der Waals surface area contributed by atoms with E-state index in [0.717, 1.165) is 33.7 Å². The van der Waals surface area contributed by atoms with Gasteiger partial charge in [0.05, 0.1) is 29.5 Å². The van der Waals surface area contributed by atoms with Crippen LogP contribution in [0.25, 0.3) is 28.1 Å². The van der Waals surface area contributed by atoms with E-state index < -0.39 is 0 Å². The molecule has 3 heterocycles. The maximum atomic E-state index is 10.8. The Kier molecular flexibility index (Phi) is 2.68. The zero-order valence-corrected chi connectivity index (χ0v) is 13.6. The smallest absolute Gasteiger partial charge is 0.150 e. The van der Waals surface area contributed by atoms with Gasteiger partial charge >= 0.3 is 0 Å². The van der Waals surface area contributed by atoms with E-state index in [0.29, 0.717) is 23.6 Å². The summed E-state index contributed by atoms with van der Waals surface area (Å²) in [5.41, 5.74) is 11.5. The number of nitrogen functional groups attached to an aromatic ring is 1. The van der Waals surface area contributed by atoms with Gasteiger partial charge in [-0.25, -0.2) is 4.98 Å². The summed E-state index contributed by atoms with van der Waals surface area (Å²) in [6.45, 7) is 0. The summed E-state index contributed by atoms with van der Waals surface area (Å²) in [5, 5.41) is 10.8. The van der Waals surface area contributed by atoms with Gasteiger partial charge in [0.2, 0.25) is 0 Å². The lowest BCUT2D eigenvalue weighted by Gasteiger charge is -2.08. The molecule has 2 aromatic carbocycles. The SMILES string of the molecule is COc1ccc2c(c1)-n1c(N)c(-c3nc4ccccc4[nH]3)c(O)c1C2. The molecule has 6 nitrogen and oxygen atoms in total. The third kappa shape index (κ3) is 1.82. The van der Waals surface area contributed by atoms with Gasteiger partial charge in [-0.1, -0.05) is 18.2 Å². The summed E-state index contributed by atoms with van der Waals surface area (Å²) < 4.78 is 7.21. The Morgan fingerprint density at radius 2 is 2.08 bits per heavy atom. The summed E-state index contributed by atoms with van der Waals surface area (Å²) in [4.78, 5) is 7.81. The number of aromatic amines is 1. The molecule has 0 saturated carbocycles. The fraction of sp³-hybridized carbons (Fsp3) is 0.105. The first kappa shape index (κ1) is 14.0. The predicted octanol–water partition coefficient (Wildman–Crippen LogP) is 3.22. The number of para-hydroxylation sites is 2. The molecule has 0 amide bonds. The molecule has 0 radical (unpaired) electrons. The van der Waals surface area contributed by atoms with Gasteiger partial charge in [0.1, 0.15) is 28.7 Å². The molecule has 1 aliphatic heterocycles. The quantitative estimate of drug-likeness (QED) is 0.463. The number of rotatable bonds is 2. The lowest BCUT2D eigenvalue weighted by molar-refractivity contribution is 0.414. The normalized spacial score (nSPS) is 12.4. The van der Waals surface area contributed by atoms with E-state index in [9.17, 15) is 5.11 Å². The molecule has 124 valence electrons. The van der Waals surface area contributed by atoms with Crippen molar-refractivity contribution in [2.75, 3.05) is 12.8 Å². The van der Waals surface area contributed by atoms with Gasteiger partial charge in [-0.3, -0.25) is 4.57 Å². The molecule has 0 bridgehead atoms. The highest BCUT2D eigenvalue weighted by Gasteiger charge is 2.30. The van der Waals surface area contributed by atoms with Crippen molar-refractivity contribution in [2.45, 2.75) is 6.42 Å². The number of imidazole rings is 1. The molecule has 6 heteroatoms. The van der Waals surface area contributed by atoms with Crippen molar-refractivity contribution in [3.8, 4) is 28.6 Å². The first-order chi connectivity index (χ1) is 12.2. The molecule has 0 atom stereocenters. The highest BCUT2D eigenvalue weighted by atomic mass is 16.5. The van der Waals surface area contributed by atoms with Crippen molar-refractivity contribution < 1.29 is 9.84 Å². The van der Waals surface area contributed by atoms with Crippen LogP contribution in [0.15, 0.2) is 42.5 Å². The highest BCUT2D eigenvalue weighted by Crippen LogP contribution is 2.46. The predicted molar refractivity (Wildman–Crippen MR) is 96.3 cm³/mol. The Morgan fingerprint density at radius 3 is 2.88 bits per heavy atom.